The van der Waals surface area contributed by atoms with Crippen LogP contribution in [-0.2, 0) is 20.9 Å². The molecule has 0 radical (unpaired) electrons. The zero-order chi connectivity index (χ0) is 24.4. The van der Waals surface area contributed by atoms with Crippen molar-refractivity contribution in [3.05, 3.63) is 46.3 Å². The molecule has 178 valence electrons. The van der Waals surface area contributed by atoms with Crippen molar-refractivity contribution in [1.29, 1.82) is 0 Å². The minimum Gasteiger partial charge on any atom is -0.396 e. The molecule has 9 nitrogen and oxygen atoms in total. The van der Waals surface area contributed by atoms with Crippen LogP contribution in [0.2, 0.25) is 0 Å². The topological polar surface area (TPSA) is 123 Å². The van der Waals surface area contributed by atoms with E-state index in [2.05, 4.69) is 15.6 Å². The fourth-order valence-corrected chi connectivity index (χ4v) is 3.23. The summed E-state index contributed by atoms with van der Waals surface area (Å²) in [5.41, 5.74) is -0.800. The number of anilines is 1. The molecule has 0 unspecified atom stereocenters. The fraction of sp³-hybridized carbons (Fsp3) is 0.478. The summed E-state index contributed by atoms with van der Waals surface area (Å²) in [6.45, 7) is 7.42. The van der Waals surface area contributed by atoms with Gasteiger partial charge in [-0.3, -0.25) is 19.0 Å². The van der Waals surface area contributed by atoms with E-state index < -0.39 is 28.1 Å². The van der Waals surface area contributed by atoms with Gasteiger partial charge in [0.05, 0.1) is 36.6 Å². The van der Waals surface area contributed by atoms with Crippen LogP contribution < -0.4 is 16.2 Å². The molecule has 1 aliphatic rings. The lowest BCUT2D eigenvalue weighted by atomic mass is 9.87. The minimum absolute atomic E-state index is 0.103. The van der Waals surface area contributed by atoms with Gasteiger partial charge in [-0.1, -0.05) is 20.8 Å². The van der Waals surface area contributed by atoms with Crippen LogP contribution in [0.3, 0.4) is 0 Å². The molecule has 2 heterocycles. The van der Waals surface area contributed by atoms with Crippen molar-refractivity contribution >= 4 is 17.5 Å². The summed E-state index contributed by atoms with van der Waals surface area (Å²) in [4.78, 5) is 42.0. The van der Waals surface area contributed by atoms with E-state index in [9.17, 15) is 23.9 Å². The number of ether oxygens (including phenoxy) is 1. The second-order valence-corrected chi connectivity index (χ2v) is 9.43. The lowest BCUT2D eigenvalue weighted by molar-refractivity contribution is -0.141. The lowest BCUT2D eigenvalue weighted by Crippen LogP contribution is -2.53. The van der Waals surface area contributed by atoms with Gasteiger partial charge in [-0.2, -0.15) is 0 Å². The van der Waals surface area contributed by atoms with E-state index in [1.165, 1.54) is 28.8 Å². The summed E-state index contributed by atoms with van der Waals surface area (Å²) in [6, 6.07) is 5.09. The predicted molar refractivity (Wildman–Crippen MR) is 120 cm³/mol. The normalized spacial score (nSPS) is 15.0. The maximum atomic E-state index is 13.9. The zero-order valence-corrected chi connectivity index (χ0v) is 19.2. The van der Waals surface area contributed by atoms with Crippen molar-refractivity contribution in [2.24, 2.45) is 10.8 Å². The van der Waals surface area contributed by atoms with Gasteiger partial charge in [-0.25, -0.2) is 9.37 Å². The van der Waals surface area contributed by atoms with Crippen LogP contribution in [-0.4, -0.2) is 52.8 Å². The van der Waals surface area contributed by atoms with E-state index in [0.717, 1.165) is 0 Å². The first kappa shape index (κ1) is 24.5. The maximum Gasteiger partial charge on any atom is 0.254 e. The standard InChI is InChI=1S/C23H29FN4O5/c1-14-26-18(16-6-5-15(24)7-17(16)27-21(32)22(2,3)4)8-20(31)28(14)9-19(30)25-10-23(11-29)12-33-13-23/h5-8,29H,9-13H2,1-4H3,(H,25,30)(H,27,32). The average Bonchev–Trinajstić information content (AvgIpc) is 2.69. The van der Waals surface area contributed by atoms with Crippen LogP contribution in [0.4, 0.5) is 10.1 Å². The van der Waals surface area contributed by atoms with Crippen molar-refractivity contribution in [3.8, 4) is 11.3 Å². The Morgan fingerprint density at radius 3 is 2.52 bits per heavy atom. The second kappa shape index (κ2) is 9.40. The molecular weight excluding hydrogens is 431 g/mol. The number of hydrogen-bond donors (Lipinski definition) is 3. The molecule has 33 heavy (non-hydrogen) atoms. The third-order valence-electron chi connectivity index (χ3n) is 5.50. The molecular formula is C23H29FN4O5. The number of aliphatic hydroxyl groups is 1. The highest BCUT2D eigenvalue weighted by molar-refractivity contribution is 5.98. The molecule has 1 aromatic carbocycles. The highest BCUT2D eigenvalue weighted by atomic mass is 19.1. The summed E-state index contributed by atoms with van der Waals surface area (Å²) in [6.07, 6.45) is 0. The number of aryl methyl sites for hydroxylation is 1. The summed E-state index contributed by atoms with van der Waals surface area (Å²) >= 11 is 0. The number of aromatic nitrogens is 2. The van der Waals surface area contributed by atoms with E-state index in [1.54, 1.807) is 27.7 Å². The van der Waals surface area contributed by atoms with Gasteiger partial charge in [0.2, 0.25) is 11.8 Å². The summed E-state index contributed by atoms with van der Waals surface area (Å²) in [7, 11) is 0. The quantitative estimate of drug-likeness (QED) is 0.575. The van der Waals surface area contributed by atoms with Crippen molar-refractivity contribution in [1.82, 2.24) is 14.9 Å². The Hall–Kier alpha value is -3.11. The third-order valence-corrected chi connectivity index (χ3v) is 5.50. The van der Waals surface area contributed by atoms with Gasteiger partial charge in [0.1, 0.15) is 18.2 Å². The maximum absolute atomic E-state index is 13.9. The Bertz CT molecular complexity index is 1110. The van der Waals surface area contributed by atoms with Crippen LogP contribution in [0.15, 0.2) is 29.1 Å². The zero-order valence-electron chi connectivity index (χ0n) is 19.2. The number of aliphatic hydroxyl groups excluding tert-OH is 1. The fourth-order valence-electron chi connectivity index (χ4n) is 3.23. The number of nitrogens with zero attached hydrogens (tertiary/aromatic N) is 2. The minimum atomic E-state index is -0.704. The van der Waals surface area contributed by atoms with Crippen LogP contribution in [0.1, 0.15) is 26.6 Å². The van der Waals surface area contributed by atoms with Crippen molar-refractivity contribution < 1.29 is 23.8 Å². The van der Waals surface area contributed by atoms with Gasteiger partial charge in [0.25, 0.3) is 5.56 Å². The Morgan fingerprint density at radius 2 is 1.97 bits per heavy atom. The molecule has 2 amide bonds. The van der Waals surface area contributed by atoms with Gasteiger partial charge < -0.3 is 20.5 Å². The van der Waals surface area contributed by atoms with Crippen LogP contribution in [0, 0.1) is 23.6 Å². The van der Waals surface area contributed by atoms with Crippen LogP contribution in [0.5, 0.6) is 0 Å². The number of benzene rings is 1. The van der Waals surface area contributed by atoms with Gasteiger partial charge >= 0.3 is 0 Å². The number of carbonyl (C=O) groups excluding carboxylic acids is 2. The molecule has 1 aliphatic heterocycles. The molecule has 0 bridgehead atoms. The molecule has 3 N–H and O–H groups in total. The van der Waals surface area contributed by atoms with Gasteiger partial charge in [0.15, 0.2) is 0 Å². The number of hydrogen-bond acceptors (Lipinski definition) is 6. The smallest absolute Gasteiger partial charge is 0.254 e. The molecule has 0 aliphatic carbocycles. The van der Waals surface area contributed by atoms with E-state index in [0.29, 0.717) is 18.8 Å². The first-order valence-corrected chi connectivity index (χ1v) is 10.6. The average molecular weight is 461 g/mol. The summed E-state index contributed by atoms with van der Waals surface area (Å²) < 4.78 is 20.2. The number of amides is 2. The highest BCUT2D eigenvalue weighted by Gasteiger charge is 2.38. The summed E-state index contributed by atoms with van der Waals surface area (Å²) in [5, 5.41) is 14.9. The van der Waals surface area contributed by atoms with Crippen molar-refractivity contribution in [2.45, 2.75) is 34.2 Å². The van der Waals surface area contributed by atoms with Gasteiger partial charge in [-0.05, 0) is 25.1 Å². The molecule has 3 rings (SSSR count). The van der Waals surface area contributed by atoms with E-state index in [1.807, 2.05) is 0 Å². The summed E-state index contributed by atoms with van der Waals surface area (Å²) in [5.74, 6) is -0.959. The van der Waals surface area contributed by atoms with Crippen molar-refractivity contribution in [3.63, 3.8) is 0 Å². The SMILES string of the molecule is Cc1nc(-c2ccc(F)cc2NC(=O)C(C)(C)C)cc(=O)n1CC(=O)NCC1(CO)COC1. The molecule has 10 heteroatoms. The van der Waals surface area contributed by atoms with Crippen LogP contribution in [0.25, 0.3) is 11.3 Å². The number of halogens is 1. The second-order valence-electron chi connectivity index (χ2n) is 9.43. The van der Waals surface area contributed by atoms with E-state index in [4.69, 9.17) is 4.74 Å². The third kappa shape index (κ3) is 5.63. The molecule has 1 fully saturated rings. The highest BCUT2D eigenvalue weighted by Crippen LogP contribution is 2.29. The van der Waals surface area contributed by atoms with E-state index >= 15 is 0 Å². The Labute approximate surface area is 191 Å². The Balaban J connectivity index is 1.82. The lowest BCUT2D eigenvalue weighted by Gasteiger charge is -2.39. The number of carbonyl (C=O) groups is 2. The predicted octanol–water partition coefficient (Wildman–Crippen LogP) is 1.47. The van der Waals surface area contributed by atoms with Gasteiger partial charge in [0, 0.05) is 23.6 Å². The molecule has 0 spiro atoms. The Kier molecular flexibility index (Phi) is 6.99. The number of nitrogens with one attached hydrogen (secondary N) is 2. The van der Waals surface area contributed by atoms with E-state index in [-0.39, 0.29) is 42.8 Å². The molecule has 0 atom stereocenters. The first-order chi connectivity index (χ1) is 15.4. The van der Waals surface area contributed by atoms with Gasteiger partial charge in [-0.15, -0.1) is 0 Å². The molecule has 2 aromatic rings. The molecule has 1 saturated heterocycles. The monoisotopic (exact) mass is 460 g/mol. The Morgan fingerprint density at radius 1 is 1.27 bits per heavy atom. The largest absolute Gasteiger partial charge is 0.396 e. The number of rotatable bonds is 7. The molecule has 0 saturated carbocycles. The molecule has 1 aromatic heterocycles. The van der Waals surface area contributed by atoms with Crippen LogP contribution >= 0.6 is 0 Å². The first-order valence-electron chi connectivity index (χ1n) is 10.6. The van der Waals surface area contributed by atoms with Crippen molar-refractivity contribution in [2.75, 3.05) is 31.7 Å².